The van der Waals surface area contributed by atoms with Gasteiger partial charge in [-0.1, -0.05) is 0 Å². The second-order valence-electron chi connectivity index (χ2n) is 7.04. The van der Waals surface area contributed by atoms with Gasteiger partial charge in [0.05, 0.1) is 0 Å². The maximum Gasteiger partial charge on any atom is 0.422 e. The normalized spacial score (nSPS) is 12.8. The lowest BCUT2D eigenvalue weighted by Gasteiger charge is -2.30. The van der Waals surface area contributed by atoms with Gasteiger partial charge in [0.2, 0.25) is 5.88 Å². The van der Waals surface area contributed by atoms with Crippen LogP contribution >= 0.6 is 0 Å². The first-order valence-electron chi connectivity index (χ1n) is 9.47. The summed E-state index contributed by atoms with van der Waals surface area (Å²) in [6, 6.07) is 4.19. The van der Waals surface area contributed by atoms with Gasteiger partial charge in [-0.15, -0.1) is 0 Å². The smallest absolute Gasteiger partial charge is 0.422 e. The molecule has 0 fully saturated rings. The van der Waals surface area contributed by atoms with Crippen molar-refractivity contribution in [2.45, 2.75) is 58.9 Å². The van der Waals surface area contributed by atoms with E-state index in [0.717, 1.165) is 25.1 Å². The van der Waals surface area contributed by atoms with Crippen LogP contribution in [0.4, 0.5) is 13.2 Å². The van der Waals surface area contributed by atoms with E-state index in [2.05, 4.69) is 57.9 Å². The highest BCUT2D eigenvalue weighted by Gasteiger charge is 2.28. The number of hydrogen-bond donors (Lipinski definition) is 2. The molecule has 0 radical (unpaired) electrons. The van der Waals surface area contributed by atoms with E-state index in [1.165, 1.54) is 12.3 Å². The van der Waals surface area contributed by atoms with E-state index in [-0.39, 0.29) is 5.88 Å². The molecule has 160 valence electrons. The van der Waals surface area contributed by atoms with Crippen molar-refractivity contribution >= 4 is 5.96 Å². The maximum absolute atomic E-state index is 12.2. The van der Waals surface area contributed by atoms with E-state index in [9.17, 15) is 13.2 Å². The molecule has 6 nitrogen and oxygen atoms in total. The first-order valence-corrected chi connectivity index (χ1v) is 9.47. The lowest BCUT2D eigenvalue weighted by atomic mass is 10.2. The molecule has 28 heavy (non-hydrogen) atoms. The molecule has 0 bridgehead atoms. The standard InChI is InChI=1S/C19H32F3N5O/c1-14(2)27(15(3)4)10-6-8-25-18(23-5)26-12-16-7-9-24-17(11-16)28-13-19(20,21)22/h7,9,11,14-15H,6,8,10,12-13H2,1-5H3,(H2,23,25,26). The highest BCUT2D eigenvalue weighted by atomic mass is 19.4. The fraction of sp³-hybridized carbons (Fsp3) is 0.684. The molecule has 0 atom stereocenters. The molecule has 1 heterocycles. The third-order valence-electron chi connectivity index (χ3n) is 4.08. The van der Waals surface area contributed by atoms with Crippen LogP contribution in [-0.4, -0.2) is 60.8 Å². The number of rotatable bonds is 10. The fourth-order valence-electron chi connectivity index (χ4n) is 2.78. The Hall–Kier alpha value is -2.03. The molecule has 0 aliphatic rings. The Kier molecular flexibility index (Phi) is 10.1. The minimum absolute atomic E-state index is 0.0537. The summed E-state index contributed by atoms with van der Waals surface area (Å²) in [7, 11) is 1.67. The minimum Gasteiger partial charge on any atom is -0.468 e. The molecular formula is C19H32F3N5O. The summed E-state index contributed by atoms with van der Waals surface area (Å²) < 4.78 is 41.4. The molecule has 0 aromatic carbocycles. The summed E-state index contributed by atoms with van der Waals surface area (Å²) in [5.41, 5.74) is 0.751. The highest BCUT2D eigenvalue weighted by Crippen LogP contribution is 2.17. The van der Waals surface area contributed by atoms with Crippen LogP contribution in [0, 0.1) is 0 Å². The number of nitrogens with one attached hydrogen (secondary N) is 2. The van der Waals surface area contributed by atoms with E-state index in [1.807, 2.05) is 0 Å². The number of guanidine groups is 1. The van der Waals surface area contributed by atoms with E-state index >= 15 is 0 Å². The number of nitrogens with zero attached hydrogens (tertiary/aromatic N) is 3. The predicted octanol–water partition coefficient (Wildman–Crippen LogP) is 3.20. The van der Waals surface area contributed by atoms with Crippen molar-refractivity contribution < 1.29 is 17.9 Å². The van der Waals surface area contributed by atoms with Gasteiger partial charge in [0.1, 0.15) is 0 Å². The predicted molar refractivity (Wildman–Crippen MR) is 106 cm³/mol. The summed E-state index contributed by atoms with van der Waals surface area (Å²) in [4.78, 5) is 10.4. The molecule has 0 aliphatic heterocycles. The van der Waals surface area contributed by atoms with E-state index in [1.54, 1.807) is 13.1 Å². The molecule has 0 amide bonds. The van der Waals surface area contributed by atoms with Gasteiger partial charge in [0, 0.05) is 51.0 Å². The largest absolute Gasteiger partial charge is 0.468 e. The van der Waals surface area contributed by atoms with Gasteiger partial charge in [-0.25, -0.2) is 4.98 Å². The van der Waals surface area contributed by atoms with Crippen LogP contribution in [-0.2, 0) is 6.54 Å². The van der Waals surface area contributed by atoms with Gasteiger partial charge in [-0.05, 0) is 45.7 Å². The average Bonchev–Trinajstić information content (AvgIpc) is 2.61. The molecular weight excluding hydrogens is 371 g/mol. The van der Waals surface area contributed by atoms with Gasteiger partial charge >= 0.3 is 6.18 Å². The molecule has 1 rings (SSSR count). The third-order valence-corrected chi connectivity index (χ3v) is 4.08. The Labute approximate surface area is 165 Å². The Bertz CT molecular complexity index is 597. The number of ether oxygens (including phenoxy) is 1. The quantitative estimate of drug-likeness (QED) is 0.357. The number of aromatic nitrogens is 1. The summed E-state index contributed by atoms with van der Waals surface area (Å²) in [5.74, 6) is 0.581. The molecule has 1 aromatic heterocycles. The Morgan fingerprint density at radius 3 is 2.46 bits per heavy atom. The van der Waals surface area contributed by atoms with Gasteiger partial charge in [0.15, 0.2) is 12.6 Å². The summed E-state index contributed by atoms with van der Waals surface area (Å²) in [6.45, 7) is 9.56. The lowest BCUT2D eigenvalue weighted by molar-refractivity contribution is -0.154. The van der Waals surface area contributed by atoms with Crippen LogP contribution in [0.15, 0.2) is 23.3 Å². The van der Waals surface area contributed by atoms with Crippen LogP contribution in [0.25, 0.3) is 0 Å². The van der Waals surface area contributed by atoms with E-state index in [0.29, 0.717) is 24.6 Å². The van der Waals surface area contributed by atoms with Crippen LogP contribution in [0.3, 0.4) is 0 Å². The lowest BCUT2D eigenvalue weighted by Crippen LogP contribution is -2.41. The number of pyridine rings is 1. The number of hydrogen-bond acceptors (Lipinski definition) is 4. The van der Waals surface area contributed by atoms with E-state index in [4.69, 9.17) is 0 Å². The zero-order chi connectivity index (χ0) is 21.2. The maximum atomic E-state index is 12.2. The molecule has 0 saturated heterocycles. The van der Waals surface area contributed by atoms with Crippen molar-refractivity contribution in [3.63, 3.8) is 0 Å². The molecule has 1 aromatic rings. The van der Waals surface area contributed by atoms with Crippen LogP contribution < -0.4 is 15.4 Å². The van der Waals surface area contributed by atoms with Crippen molar-refractivity contribution in [2.75, 3.05) is 26.7 Å². The Balaban J connectivity index is 2.42. The minimum atomic E-state index is -4.39. The number of aliphatic imine (C=N–C) groups is 1. The van der Waals surface area contributed by atoms with Gasteiger partial charge in [-0.2, -0.15) is 13.2 Å². The molecule has 2 N–H and O–H groups in total. The Morgan fingerprint density at radius 1 is 1.21 bits per heavy atom. The summed E-state index contributed by atoms with van der Waals surface area (Å²) in [5, 5.41) is 6.39. The van der Waals surface area contributed by atoms with Crippen molar-refractivity contribution in [3.8, 4) is 5.88 Å². The summed E-state index contributed by atoms with van der Waals surface area (Å²) >= 11 is 0. The SMILES string of the molecule is CN=C(NCCCN(C(C)C)C(C)C)NCc1ccnc(OCC(F)(F)F)c1. The van der Waals surface area contributed by atoms with Gasteiger partial charge in [-0.3, -0.25) is 9.89 Å². The monoisotopic (exact) mass is 403 g/mol. The molecule has 0 spiro atoms. The second kappa shape index (κ2) is 11.7. The van der Waals surface area contributed by atoms with Crippen LogP contribution in [0.5, 0.6) is 5.88 Å². The Morgan fingerprint density at radius 2 is 1.89 bits per heavy atom. The van der Waals surface area contributed by atoms with Crippen molar-refractivity contribution in [2.24, 2.45) is 4.99 Å². The zero-order valence-corrected chi connectivity index (χ0v) is 17.3. The van der Waals surface area contributed by atoms with Gasteiger partial charge in [0.25, 0.3) is 0 Å². The van der Waals surface area contributed by atoms with E-state index < -0.39 is 12.8 Å². The van der Waals surface area contributed by atoms with Crippen molar-refractivity contribution in [1.82, 2.24) is 20.5 Å². The van der Waals surface area contributed by atoms with Crippen molar-refractivity contribution in [3.05, 3.63) is 23.9 Å². The van der Waals surface area contributed by atoms with Crippen LogP contribution in [0.1, 0.15) is 39.7 Å². The molecule has 0 unspecified atom stereocenters. The number of alkyl halides is 3. The topological polar surface area (TPSA) is 61.8 Å². The summed E-state index contributed by atoms with van der Waals surface area (Å²) in [6.07, 6.45) is -1.99. The first-order chi connectivity index (χ1) is 13.1. The van der Waals surface area contributed by atoms with Crippen LogP contribution in [0.2, 0.25) is 0 Å². The highest BCUT2D eigenvalue weighted by molar-refractivity contribution is 5.79. The second-order valence-corrected chi connectivity index (χ2v) is 7.04. The molecule has 9 heteroatoms. The fourth-order valence-corrected chi connectivity index (χ4v) is 2.78. The van der Waals surface area contributed by atoms with Crippen molar-refractivity contribution in [1.29, 1.82) is 0 Å². The first kappa shape index (κ1) is 24.0. The third kappa shape index (κ3) is 9.77. The molecule has 0 saturated carbocycles. The zero-order valence-electron chi connectivity index (χ0n) is 17.3. The number of halogens is 3. The molecule has 0 aliphatic carbocycles. The van der Waals surface area contributed by atoms with Gasteiger partial charge < -0.3 is 15.4 Å². The average molecular weight is 403 g/mol.